The molecule has 0 aromatic heterocycles. The van der Waals surface area contributed by atoms with Gasteiger partial charge in [0.1, 0.15) is 6.34 Å². The highest BCUT2D eigenvalue weighted by molar-refractivity contribution is 5.78. The summed E-state index contributed by atoms with van der Waals surface area (Å²) in [5, 5.41) is 6.61. The third kappa shape index (κ3) is 7.37. The zero-order chi connectivity index (χ0) is 10.3. The lowest BCUT2D eigenvalue weighted by Gasteiger charge is -2.08. The summed E-state index contributed by atoms with van der Waals surface area (Å²) < 4.78 is 13.4. The van der Waals surface area contributed by atoms with Crippen molar-refractivity contribution in [1.29, 1.82) is 5.41 Å². The number of halogens is 1. The first-order valence-electron chi connectivity index (χ1n) is 4.38. The summed E-state index contributed by atoms with van der Waals surface area (Å²) in [4.78, 5) is 3.43. The second kappa shape index (κ2) is 5.62. The minimum Gasteiger partial charge on any atom is -0.290 e. The molecular formula is C10H17FN2. The van der Waals surface area contributed by atoms with Crippen LogP contribution in [0.1, 0.15) is 27.2 Å². The summed E-state index contributed by atoms with van der Waals surface area (Å²) in [5.74, 6) is 0.534. The number of nitrogens with one attached hydrogen (secondary N) is 1. The van der Waals surface area contributed by atoms with E-state index >= 15 is 0 Å². The molecule has 0 spiro atoms. The molecule has 0 rings (SSSR count). The fourth-order valence-corrected chi connectivity index (χ4v) is 0.797. The van der Waals surface area contributed by atoms with E-state index in [2.05, 4.69) is 18.8 Å². The summed E-state index contributed by atoms with van der Waals surface area (Å²) in [6, 6.07) is 0. The standard InChI is InChI=1S/C10H17FN2/c1-9(2)5-4-6-10(3,11)7-13-8-12/h4,6-9,12H,5H2,1-3H3/b6-4-,12-8?,13-7?. The number of hydrogen-bond donors (Lipinski definition) is 1. The number of allylic oxidation sites excluding steroid dienone is 2. The molecule has 0 fully saturated rings. The van der Waals surface area contributed by atoms with Crippen molar-refractivity contribution >= 4 is 12.6 Å². The lowest BCUT2D eigenvalue weighted by molar-refractivity contribution is 0.361. The van der Waals surface area contributed by atoms with Crippen LogP contribution in [-0.2, 0) is 0 Å². The van der Waals surface area contributed by atoms with Crippen LogP contribution in [0.2, 0.25) is 0 Å². The molecule has 0 heterocycles. The third-order valence-corrected chi connectivity index (χ3v) is 1.45. The predicted octanol–water partition coefficient (Wildman–Crippen LogP) is 2.99. The Bertz CT molecular complexity index is 205. The molecule has 0 aliphatic heterocycles. The van der Waals surface area contributed by atoms with Crippen LogP contribution in [0.3, 0.4) is 0 Å². The van der Waals surface area contributed by atoms with Gasteiger partial charge >= 0.3 is 0 Å². The van der Waals surface area contributed by atoms with Gasteiger partial charge in [0.2, 0.25) is 0 Å². The van der Waals surface area contributed by atoms with Crippen molar-refractivity contribution in [2.24, 2.45) is 10.9 Å². The summed E-state index contributed by atoms with van der Waals surface area (Å²) in [5.41, 5.74) is -1.54. The van der Waals surface area contributed by atoms with E-state index in [1.165, 1.54) is 13.0 Å². The van der Waals surface area contributed by atoms with Crippen LogP contribution in [0.5, 0.6) is 0 Å². The van der Waals surface area contributed by atoms with E-state index in [4.69, 9.17) is 5.41 Å². The van der Waals surface area contributed by atoms with Crippen molar-refractivity contribution < 1.29 is 4.39 Å². The maximum Gasteiger partial charge on any atom is 0.161 e. The minimum absolute atomic E-state index is 0.534. The highest BCUT2D eigenvalue weighted by atomic mass is 19.1. The van der Waals surface area contributed by atoms with Gasteiger partial charge in [-0.2, -0.15) is 0 Å². The van der Waals surface area contributed by atoms with Gasteiger partial charge in [0, 0.05) is 6.21 Å². The van der Waals surface area contributed by atoms with Crippen molar-refractivity contribution in [3.8, 4) is 0 Å². The van der Waals surface area contributed by atoms with Crippen molar-refractivity contribution in [2.45, 2.75) is 32.9 Å². The molecule has 0 aromatic carbocycles. The molecule has 0 bridgehead atoms. The van der Waals surface area contributed by atoms with Crippen LogP contribution in [0.25, 0.3) is 0 Å². The van der Waals surface area contributed by atoms with E-state index in [1.807, 2.05) is 0 Å². The molecule has 2 nitrogen and oxygen atoms in total. The molecule has 0 saturated carbocycles. The highest BCUT2D eigenvalue weighted by Gasteiger charge is 2.14. The second-order valence-electron chi connectivity index (χ2n) is 3.59. The number of alkyl halides is 1. The molecule has 0 aliphatic carbocycles. The van der Waals surface area contributed by atoms with Gasteiger partial charge in [-0.05, 0) is 25.3 Å². The molecule has 0 aliphatic rings. The Morgan fingerprint density at radius 1 is 1.54 bits per heavy atom. The molecule has 1 N–H and O–H groups in total. The number of hydrogen-bond acceptors (Lipinski definition) is 1. The molecule has 1 atom stereocenters. The first kappa shape index (κ1) is 12.0. The molecule has 1 unspecified atom stereocenters. The highest BCUT2D eigenvalue weighted by Crippen LogP contribution is 2.10. The Balaban J connectivity index is 4.07. The second-order valence-corrected chi connectivity index (χ2v) is 3.59. The van der Waals surface area contributed by atoms with Crippen LogP contribution in [0.4, 0.5) is 4.39 Å². The quantitative estimate of drug-likeness (QED) is 0.387. The molecule has 0 amide bonds. The lowest BCUT2D eigenvalue weighted by Crippen LogP contribution is -2.15. The van der Waals surface area contributed by atoms with Crippen LogP contribution in [0, 0.1) is 11.3 Å². The first-order valence-corrected chi connectivity index (χ1v) is 4.38. The van der Waals surface area contributed by atoms with Crippen LogP contribution < -0.4 is 0 Å². The third-order valence-electron chi connectivity index (χ3n) is 1.45. The molecule has 74 valence electrons. The predicted molar refractivity (Wildman–Crippen MR) is 55.4 cm³/mol. The Hall–Kier alpha value is -0.990. The van der Waals surface area contributed by atoms with E-state index in [-0.39, 0.29) is 0 Å². The minimum atomic E-state index is -1.54. The van der Waals surface area contributed by atoms with Crippen molar-refractivity contribution in [3.63, 3.8) is 0 Å². The summed E-state index contributed by atoms with van der Waals surface area (Å²) >= 11 is 0. The van der Waals surface area contributed by atoms with Gasteiger partial charge in [-0.25, -0.2) is 9.38 Å². The summed E-state index contributed by atoms with van der Waals surface area (Å²) in [7, 11) is 0. The number of rotatable bonds is 5. The molecule has 0 aromatic rings. The zero-order valence-corrected chi connectivity index (χ0v) is 8.42. The average molecular weight is 184 g/mol. The summed E-state index contributed by atoms with van der Waals surface area (Å²) in [6.45, 7) is 5.56. The van der Waals surface area contributed by atoms with Gasteiger partial charge in [-0.3, -0.25) is 5.41 Å². The normalized spacial score (nSPS) is 17.0. The molecule has 0 saturated heterocycles. The number of nitrogens with zero attached hydrogens (tertiary/aromatic N) is 1. The fourth-order valence-electron chi connectivity index (χ4n) is 0.797. The largest absolute Gasteiger partial charge is 0.290 e. The Labute approximate surface area is 79.1 Å². The van der Waals surface area contributed by atoms with Crippen LogP contribution in [-0.4, -0.2) is 18.2 Å². The maximum atomic E-state index is 13.4. The SMILES string of the molecule is CC(C)C/C=C\C(C)(F)C=NC=N. The van der Waals surface area contributed by atoms with Crippen molar-refractivity contribution in [3.05, 3.63) is 12.2 Å². The molecule has 3 heteroatoms. The van der Waals surface area contributed by atoms with Crippen LogP contribution in [0.15, 0.2) is 17.1 Å². The van der Waals surface area contributed by atoms with E-state index in [1.54, 1.807) is 6.08 Å². The van der Waals surface area contributed by atoms with Gasteiger partial charge in [-0.1, -0.05) is 19.9 Å². The van der Waals surface area contributed by atoms with E-state index in [9.17, 15) is 4.39 Å². The fraction of sp³-hybridized carbons (Fsp3) is 0.600. The van der Waals surface area contributed by atoms with Crippen LogP contribution >= 0.6 is 0 Å². The monoisotopic (exact) mass is 184 g/mol. The zero-order valence-electron chi connectivity index (χ0n) is 8.42. The molecule has 0 radical (unpaired) electrons. The average Bonchev–Trinajstić information content (AvgIpc) is 2.00. The van der Waals surface area contributed by atoms with E-state index in [0.717, 1.165) is 19.0 Å². The van der Waals surface area contributed by atoms with E-state index < -0.39 is 5.67 Å². The summed E-state index contributed by atoms with van der Waals surface area (Å²) in [6.07, 6.45) is 6.09. The van der Waals surface area contributed by atoms with Gasteiger partial charge in [0.15, 0.2) is 5.67 Å². The Kier molecular flexibility index (Phi) is 5.19. The topological polar surface area (TPSA) is 36.2 Å². The Morgan fingerprint density at radius 2 is 2.15 bits per heavy atom. The molecular weight excluding hydrogens is 167 g/mol. The van der Waals surface area contributed by atoms with Gasteiger partial charge in [0.05, 0.1) is 0 Å². The maximum absolute atomic E-state index is 13.4. The lowest BCUT2D eigenvalue weighted by atomic mass is 10.1. The smallest absolute Gasteiger partial charge is 0.161 e. The number of aliphatic imine (C=N–C) groups is 1. The first-order chi connectivity index (χ1) is 5.98. The van der Waals surface area contributed by atoms with Gasteiger partial charge in [-0.15, -0.1) is 0 Å². The van der Waals surface area contributed by atoms with E-state index in [0.29, 0.717) is 5.92 Å². The van der Waals surface area contributed by atoms with Crippen molar-refractivity contribution in [2.75, 3.05) is 0 Å². The molecule has 13 heavy (non-hydrogen) atoms. The Morgan fingerprint density at radius 3 is 2.62 bits per heavy atom. The van der Waals surface area contributed by atoms with Gasteiger partial charge < -0.3 is 0 Å². The van der Waals surface area contributed by atoms with Gasteiger partial charge in [0.25, 0.3) is 0 Å². The van der Waals surface area contributed by atoms with Crippen molar-refractivity contribution in [1.82, 2.24) is 0 Å².